The lowest BCUT2D eigenvalue weighted by Crippen LogP contribution is -2.41. The van der Waals surface area contributed by atoms with Crippen LogP contribution >= 0.6 is 27.5 Å². The molecule has 1 fully saturated rings. The Morgan fingerprint density at radius 3 is 2.63 bits per heavy atom. The van der Waals surface area contributed by atoms with E-state index < -0.39 is 0 Å². The van der Waals surface area contributed by atoms with Gasteiger partial charge in [0.2, 0.25) is 0 Å². The molecule has 0 aromatic heterocycles. The van der Waals surface area contributed by atoms with Gasteiger partial charge in [0.1, 0.15) is 0 Å². The minimum absolute atomic E-state index is 0.101. The van der Waals surface area contributed by atoms with Crippen LogP contribution in [-0.4, -0.2) is 23.4 Å². The molecule has 0 heterocycles. The summed E-state index contributed by atoms with van der Waals surface area (Å²) in [5.74, 6) is 0.101. The monoisotopic (exact) mass is 343 g/mol. The topological polar surface area (TPSA) is 20.3 Å². The highest BCUT2D eigenvalue weighted by Gasteiger charge is 2.25. The quantitative estimate of drug-likeness (QED) is 0.764. The van der Waals surface area contributed by atoms with E-state index >= 15 is 0 Å². The SMILES string of the molecule is CCN(C(=O)c1ccc(Br)c(Cl)c1)C1CCCCC1. The second-order valence-corrected chi connectivity index (χ2v) is 6.27. The molecular weight excluding hydrogens is 326 g/mol. The molecule has 1 aromatic carbocycles. The summed E-state index contributed by atoms with van der Waals surface area (Å²) in [6, 6.07) is 5.82. The maximum atomic E-state index is 12.6. The van der Waals surface area contributed by atoms with Crippen molar-refractivity contribution < 1.29 is 4.79 Å². The summed E-state index contributed by atoms with van der Waals surface area (Å²) in [5.41, 5.74) is 0.681. The molecule has 0 radical (unpaired) electrons. The third-order valence-electron chi connectivity index (χ3n) is 3.78. The van der Waals surface area contributed by atoms with Crippen LogP contribution in [0.4, 0.5) is 0 Å². The highest BCUT2D eigenvalue weighted by atomic mass is 79.9. The Bertz CT molecular complexity index is 457. The Morgan fingerprint density at radius 1 is 1.37 bits per heavy atom. The van der Waals surface area contributed by atoms with E-state index in [1.165, 1.54) is 19.3 Å². The highest BCUT2D eigenvalue weighted by Crippen LogP contribution is 2.27. The Hall–Kier alpha value is -0.540. The van der Waals surface area contributed by atoms with Crippen LogP contribution in [0.3, 0.4) is 0 Å². The molecule has 1 amide bonds. The molecule has 0 aliphatic heterocycles. The molecule has 2 rings (SSSR count). The first kappa shape index (κ1) is 14.9. The molecule has 19 heavy (non-hydrogen) atoms. The van der Waals surface area contributed by atoms with E-state index in [2.05, 4.69) is 15.9 Å². The number of nitrogens with zero attached hydrogens (tertiary/aromatic N) is 1. The van der Waals surface area contributed by atoms with Crippen LogP contribution in [0.2, 0.25) is 5.02 Å². The van der Waals surface area contributed by atoms with E-state index in [1.54, 1.807) is 6.07 Å². The van der Waals surface area contributed by atoms with Gasteiger partial charge in [0.05, 0.1) is 5.02 Å². The number of carbonyl (C=O) groups is 1. The zero-order valence-electron chi connectivity index (χ0n) is 11.2. The summed E-state index contributed by atoms with van der Waals surface area (Å²) in [4.78, 5) is 14.6. The van der Waals surface area contributed by atoms with Crippen molar-refractivity contribution in [3.8, 4) is 0 Å². The van der Waals surface area contributed by atoms with Crippen molar-refractivity contribution in [3.63, 3.8) is 0 Å². The minimum atomic E-state index is 0.101. The zero-order valence-corrected chi connectivity index (χ0v) is 13.5. The fourth-order valence-corrected chi connectivity index (χ4v) is 3.18. The van der Waals surface area contributed by atoms with Gasteiger partial charge in [-0.2, -0.15) is 0 Å². The van der Waals surface area contributed by atoms with Crippen molar-refractivity contribution in [2.75, 3.05) is 6.54 Å². The summed E-state index contributed by atoms with van der Waals surface area (Å²) in [6.07, 6.45) is 6.02. The second-order valence-electron chi connectivity index (χ2n) is 5.01. The summed E-state index contributed by atoms with van der Waals surface area (Å²) in [6.45, 7) is 2.81. The van der Waals surface area contributed by atoms with Gasteiger partial charge in [-0.15, -0.1) is 0 Å². The summed E-state index contributed by atoms with van der Waals surface area (Å²) in [7, 11) is 0. The number of carbonyl (C=O) groups excluding carboxylic acids is 1. The molecular formula is C15H19BrClNO. The Labute approximate surface area is 128 Å². The highest BCUT2D eigenvalue weighted by molar-refractivity contribution is 9.10. The normalized spacial score (nSPS) is 16.4. The van der Waals surface area contributed by atoms with E-state index in [-0.39, 0.29) is 5.91 Å². The molecule has 0 unspecified atom stereocenters. The van der Waals surface area contributed by atoms with Gasteiger partial charge < -0.3 is 4.90 Å². The van der Waals surface area contributed by atoms with E-state index in [0.29, 0.717) is 16.6 Å². The van der Waals surface area contributed by atoms with Crippen LogP contribution in [0, 0.1) is 0 Å². The third kappa shape index (κ3) is 3.51. The number of halogens is 2. The predicted octanol–water partition coefficient (Wildman–Crippen LogP) is 4.90. The maximum absolute atomic E-state index is 12.6. The smallest absolute Gasteiger partial charge is 0.254 e. The summed E-state index contributed by atoms with van der Waals surface area (Å²) >= 11 is 9.43. The first-order chi connectivity index (χ1) is 9.13. The van der Waals surface area contributed by atoms with Crippen LogP contribution < -0.4 is 0 Å². The molecule has 0 N–H and O–H groups in total. The molecule has 1 aliphatic rings. The molecule has 1 saturated carbocycles. The molecule has 2 nitrogen and oxygen atoms in total. The molecule has 0 spiro atoms. The van der Waals surface area contributed by atoms with Crippen molar-refractivity contribution in [3.05, 3.63) is 33.3 Å². The largest absolute Gasteiger partial charge is 0.336 e. The van der Waals surface area contributed by atoms with Gasteiger partial charge in [-0.05, 0) is 53.9 Å². The molecule has 1 aromatic rings. The molecule has 0 atom stereocenters. The second kappa shape index (κ2) is 6.76. The van der Waals surface area contributed by atoms with Gasteiger partial charge in [-0.1, -0.05) is 30.9 Å². The lowest BCUT2D eigenvalue weighted by Gasteiger charge is -2.33. The van der Waals surface area contributed by atoms with E-state index in [1.807, 2.05) is 24.0 Å². The van der Waals surface area contributed by atoms with E-state index in [4.69, 9.17) is 11.6 Å². The van der Waals surface area contributed by atoms with Crippen LogP contribution in [0.1, 0.15) is 49.4 Å². The number of hydrogen-bond donors (Lipinski definition) is 0. The zero-order chi connectivity index (χ0) is 13.8. The summed E-state index contributed by atoms with van der Waals surface area (Å²) < 4.78 is 0.825. The number of benzene rings is 1. The van der Waals surface area contributed by atoms with Gasteiger partial charge in [-0.25, -0.2) is 0 Å². The Balaban J connectivity index is 2.17. The maximum Gasteiger partial charge on any atom is 0.254 e. The Morgan fingerprint density at radius 2 is 2.05 bits per heavy atom. The molecule has 0 saturated heterocycles. The van der Waals surface area contributed by atoms with Crippen molar-refractivity contribution in [2.45, 2.75) is 45.1 Å². The standard InChI is InChI=1S/C15H19BrClNO/c1-2-18(12-6-4-3-5-7-12)15(19)11-8-9-13(16)14(17)10-11/h8-10,12H,2-7H2,1H3. The Kier molecular flexibility index (Phi) is 5.28. The van der Waals surface area contributed by atoms with E-state index in [9.17, 15) is 4.79 Å². The minimum Gasteiger partial charge on any atom is -0.336 e. The third-order valence-corrected chi connectivity index (χ3v) is 5.02. The van der Waals surface area contributed by atoms with Gasteiger partial charge in [0.25, 0.3) is 5.91 Å². The first-order valence-electron chi connectivity index (χ1n) is 6.89. The first-order valence-corrected chi connectivity index (χ1v) is 8.06. The molecule has 1 aliphatic carbocycles. The van der Waals surface area contributed by atoms with Crippen molar-refractivity contribution in [1.82, 2.24) is 4.90 Å². The fourth-order valence-electron chi connectivity index (χ4n) is 2.76. The van der Waals surface area contributed by atoms with Crippen LogP contribution in [0.5, 0.6) is 0 Å². The summed E-state index contributed by atoms with van der Waals surface area (Å²) in [5, 5.41) is 0.588. The molecule has 4 heteroatoms. The molecule has 0 bridgehead atoms. The van der Waals surface area contributed by atoms with Crippen molar-refractivity contribution >= 4 is 33.4 Å². The number of hydrogen-bond acceptors (Lipinski definition) is 1. The fraction of sp³-hybridized carbons (Fsp3) is 0.533. The lowest BCUT2D eigenvalue weighted by atomic mass is 9.93. The van der Waals surface area contributed by atoms with Gasteiger partial charge in [0.15, 0.2) is 0 Å². The van der Waals surface area contributed by atoms with Crippen molar-refractivity contribution in [1.29, 1.82) is 0 Å². The van der Waals surface area contributed by atoms with E-state index in [0.717, 1.165) is 23.9 Å². The average Bonchev–Trinajstić information content (AvgIpc) is 2.44. The van der Waals surface area contributed by atoms with Crippen molar-refractivity contribution in [2.24, 2.45) is 0 Å². The van der Waals surface area contributed by atoms with Crippen LogP contribution in [0.25, 0.3) is 0 Å². The number of amides is 1. The number of rotatable bonds is 3. The van der Waals surface area contributed by atoms with Crippen LogP contribution in [0.15, 0.2) is 22.7 Å². The molecule has 104 valence electrons. The van der Waals surface area contributed by atoms with Gasteiger partial charge in [0, 0.05) is 22.6 Å². The average molecular weight is 345 g/mol. The lowest BCUT2D eigenvalue weighted by molar-refractivity contribution is 0.0648. The van der Waals surface area contributed by atoms with Gasteiger partial charge in [-0.3, -0.25) is 4.79 Å². The van der Waals surface area contributed by atoms with Gasteiger partial charge >= 0.3 is 0 Å². The van der Waals surface area contributed by atoms with Crippen LogP contribution in [-0.2, 0) is 0 Å². The predicted molar refractivity (Wildman–Crippen MR) is 82.7 cm³/mol.